The molecule has 0 unspecified atom stereocenters. The minimum Gasteiger partial charge on any atom is -0.395 e. The van der Waals surface area contributed by atoms with Crippen molar-refractivity contribution in [2.24, 2.45) is 0 Å². The van der Waals surface area contributed by atoms with Crippen LogP contribution in [0.25, 0.3) is 10.9 Å². The number of aliphatic hydroxyl groups is 1. The van der Waals surface area contributed by atoms with E-state index in [-0.39, 0.29) is 18.8 Å². The van der Waals surface area contributed by atoms with Gasteiger partial charge < -0.3 is 9.84 Å². The maximum atomic E-state index is 9.56. The molecular formula is C16H19ClN2O2. The van der Waals surface area contributed by atoms with Gasteiger partial charge in [-0.15, -0.1) is 0 Å². The number of pyridine rings is 1. The van der Waals surface area contributed by atoms with Crippen LogP contribution in [0, 0.1) is 0 Å². The summed E-state index contributed by atoms with van der Waals surface area (Å²) < 4.78 is 5.43. The van der Waals surface area contributed by atoms with Crippen LogP contribution in [0.1, 0.15) is 12.0 Å². The van der Waals surface area contributed by atoms with Gasteiger partial charge in [-0.2, -0.15) is 0 Å². The van der Waals surface area contributed by atoms with Crippen molar-refractivity contribution < 1.29 is 9.84 Å². The quantitative estimate of drug-likeness (QED) is 0.942. The van der Waals surface area contributed by atoms with E-state index in [0.717, 1.165) is 36.0 Å². The van der Waals surface area contributed by atoms with Gasteiger partial charge in [0.05, 0.1) is 18.2 Å². The van der Waals surface area contributed by atoms with E-state index in [0.29, 0.717) is 5.02 Å². The Morgan fingerprint density at radius 2 is 2.33 bits per heavy atom. The minimum atomic E-state index is 0.132. The zero-order valence-corrected chi connectivity index (χ0v) is 12.8. The number of methoxy groups -OCH3 is 1. The Morgan fingerprint density at radius 3 is 3.10 bits per heavy atom. The van der Waals surface area contributed by atoms with Crippen molar-refractivity contribution >= 4 is 22.5 Å². The summed E-state index contributed by atoms with van der Waals surface area (Å²) in [4.78, 5) is 6.72. The normalized spacial score (nSPS) is 23.0. The van der Waals surface area contributed by atoms with E-state index in [9.17, 15) is 5.11 Å². The van der Waals surface area contributed by atoms with E-state index in [1.165, 1.54) is 0 Å². The zero-order chi connectivity index (χ0) is 14.8. The van der Waals surface area contributed by atoms with E-state index in [1.807, 2.05) is 24.3 Å². The van der Waals surface area contributed by atoms with Crippen LogP contribution in [-0.2, 0) is 11.3 Å². The maximum absolute atomic E-state index is 9.56. The Morgan fingerprint density at radius 1 is 1.48 bits per heavy atom. The molecule has 2 aromatic rings. The number of benzene rings is 1. The molecule has 5 heteroatoms. The predicted molar refractivity (Wildman–Crippen MR) is 83.5 cm³/mol. The number of aliphatic hydroxyl groups excluding tert-OH is 1. The van der Waals surface area contributed by atoms with Crippen molar-refractivity contribution in [2.75, 3.05) is 20.3 Å². The fraction of sp³-hybridized carbons (Fsp3) is 0.438. The lowest BCUT2D eigenvalue weighted by molar-refractivity contribution is 0.107. The Balaban J connectivity index is 1.91. The van der Waals surface area contributed by atoms with Gasteiger partial charge in [-0.1, -0.05) is 17.7 Å². The summed E-state index contributed by atoms with van der Waals surface area (Å²) in [5, 5.41) is 11.3. The summed E-state index contributed by atoms with van der Waals surface area (Å²) in [6, 6.07) is 7.95. The molecule has 0 saturated carbocycles. The molecule has 1 saturated heterocycles. The van der Waals surface area contributed by atoms with Crippen molar-refractivity contribution in [1.29, 1.82) is 0 Å². The van der Waals surface area contributed by atoms with Gasteiger partial charge in [0.25, 0.3) is 0 Å². The number of fused-ring (bicyclic) bond motifs is 1. The molecule has 112 valence electrons. The number of hydrogen-bond donors (Lipinski definition) is 1. The Hall–Kier alpha value is -1.20. The van der Waals surface area contributed by atoms with Crippen LogP contribution in [0.2, 0.25) is 5.02 Å². The SMILES string of the molecule is CO[C@H]1C[C@@H](CO)N(Cc2cc(Cl)cc3cccnc23)C1. The summed E-state index contributed by atoms with van der Waals surface area (Å²) in [6.45, 7) is 1.69. The second-order valence-corrected chi connectivity index (χ2v) is 5.94. The van der Waals surface area contributed by atoms with Crippen molar-refractivity contribution in [2.45, 2.75) is 25.1 Å². The van der Waals surface area contributed by atoms with Crippen LogP contribution in [0.5, 0.6) is 0 Å². The lowest BCUT2D eigenvalue weighted by atomic mass is 10.1. The number of hydrogen-bond acceptors (Lipinski definition) is 4. The molecule has 1 aliphatic heterocycles. The molecular weight excluding hydrogens is 288 g/mol. The molecule has 0 amide bonds. The van der Waals surface area contributed by atoms with Gasteiger partial charge in [0, 0.05) is 42.8 Å². The summed E-state index contributed by atoms with van der Waals surface area (Å²) in [6.07, 6.45) is 2.84. The highest BCUT2D eigenvalue weighted by atomic mass is 35.5. The topological polar surface area (TPSA) is 45.6 Å². The van der Waals surface area contributed by atoms with Crippen LogP contribution in [0.3, 0.4) is 0 Å². The molecule has 1 fully saturated rings. The third-order valence-corrected chi connectivity index (χ3v) is 4.37. The summed E-state index contributed by atoms with van der Waals surface area (Å²) in [5.74, 6) is 0. The van der Waals surface area contributed by atoms with Gasteiger partial charge in [-0.05, 0) is 30.2 Å². The van der Waals surface area contributed by atoms with Gasteiger partial charge in [0.15, 0.2) is 0 Å². The minimum absolute atomic E-state index is 0.132. The van der Waals surface area contributed by atoms with Gasteiger partial charge in [0.2, 0.25) is 0 Å². The van der Waals surface area contributed by atoms with Crippen molar-refractivity contribution in [3.8, 4) is 0 Å². The third kappa shape index (κ3) is 3.04. The number of aromatic nitrogens is 1. The highest BCUT2D eigenvalue weighted by molar-refractivity contribution is 6.31. The number of ether oxygens (including phenoxy) is 1. The Labute approximate surface area is 129 Å². The molecule has 1 aliphatic rings. The van der Waals surface area contributed by atoms with Gasteiger partial charge in [0.1, 0.15) is 0 Å². The zero-order valence-electron chi connectivity index (χ0n) is 12.0. The molecule has 2 atom stereocenters. The molecule has 2 heterocycles. The predicted octanol–water partition coefficient (Wildman–Crippen LogP) is 2.47. The van der Waals surface area contributed by atoms with Crippen molar-refractivity contribution in [1.82, 2.24) is 9.88 Å². The molecule has 0 aliphatic carbocycles. The molecule has 0 radical (unpaired) electrons. The lowest BCUT2D eigenvalue weighted by Gasteiger charge is -2.23. The first kappa shape index (κ1) is 14.7. The van der Waals surface area contributed by atoms with Gasteiger partial charge in [-0.3, -0.25) is 9.88 Å². The Bertz CT molecular complexity index is 635. The van der Waals surface area contributed by atoms with Crippen LogP contribution in [0.15, 0.2) is 30.5 Å². The van der Waals surface area contributed by atoms with Crippen LogP contribution < -0.4 is 0 Å². The molecule has 1 N–H and O–H groups in total. The molecule has 3 rings (SSSR count). The summed E-state index contributed by atoms with van der Waals surface area (Å²) in [7, 11) is 1.72. The second-order valence-electron chi connectivity index (χ2n) is 5.50. The molecule has 0 bridgehead atoms. The van der Waals surface area contributed by atoms with Crippen molar-refractivity contribution in [3.63, 3.8) is 0 Å². The molecule has 1 aromatic heterocycles. The largest absolute Gasteiger partial charge is 0.395 e. The van der Waals surface area contributed by atoms with Crippen LogP contribution >= 0.6 is 11.6 Å². The molecule has 0 spiro atoms. The number of rotatable bonds is 4. The monoisotopic (exact) mass is 306 g/mol. The van der Waals surface area contributed by atoms with E-state index in [4.69, 9.17) is 16.3 Å². The average Bonchev–Trinajstić information content (AvgIpc) is 2.89. The lowest BCUT2D eigenvalue weighted by Crippen LogP contribution is -2.32. The number of nitrogens with zero attached hydrogens (tertiary/aromatic N) is 2. The van der Waals surface area contributed by atoms with Crippen LogP contribution in [0.4, 0.5) is 0 Å². The van der Waals surface area contributed by atoms with Crippen molar-refractivity contribution in [3.05, 3.63) is 41.0 Å². The highest BCUT2D eigenvalue weighted by Crippen LogP contribution is 2.27. The van der Waals surface area contributed by atoms with E-state index in [1.54, 1.807) is 13.3 Å². The Kier molecular flexibility index (Phi) is 4.40. The van der Waals surface area contributed by atoms with E-state index >= 15 is 0 Å². The average molecular weight is 307 g/mol. The number of likely N-dealkylation sites (tertiary alicyclic amines) is 1. The van der Waals surface area contributed by atoms with Crippen LogP contribution in [-0.4, -0.2) is 47.4 Å². The first-order chi connectivity index (χ1) is 10.2. The second kappa shape index (κ2) is 6.28. The molecule has 1 aromatic carbocycles. The summed E-state index contributed by atoms with van der Waals surface area (Å²) in [5.41, 5.74) is 2.06. The first-order valence-electron chi connectivity index (χ1n) is 7.12. The van der Waals surface area contributed by atoms with Gasteiger partial charge in [-0.25, -0.2) is 0 Å². The maximum Gasteiger partial charge on any atom is 0.0747 e. The van der Waals surface area contributed by atoms with E-state index in [2.05, 4.69) is 9.88 Å². The fourth-order valence-electron chi connectivity index (χ4n) is 3.06. The summed E-state index contributed by atoms with van der Waals surface area (Å²) >= 11 is 6.22. The molecule has 4 nitrogen and oxygen atoms in total. The fourth-order valence-corrected chi connectivity index (χ4v) is 3.31. The van der Waals surface area contributed by atoms with E-state index < -0.39 is 0 Å². The first-order valence-corrected chi connectivity index (χ1v) is 7.50. The van der Waals surface area contributed by atoms with Gasteiger partial charge >= 0.3 is 0 Å². The molecule has 21 heavy (non-hydrogen) atoms. The standard InChI is InChI=1S/C16H19ClN2O2/c1-21-15-7-14(10-20)19(9-15)8-12-6-13(17)5-11-3-2-4-18-16(11)12/h2-6,14-15,20H,7-10H2,1H3/t14-,15-/m0/s1. The highest BCUT2D eigenvalue weighted by Gasteiger charge is 2.31. The number of halogens is 1. The third-order valence-electron chi connectivity index (χ3n) is 4.16. The smallest absolute Gasteiger partial charge is 0.0747 e.